The van der Waals surface area contributed by atoms with Gasteiger partial charge in [-0.25, -0.2) is 17.5 Å². The van der Waals surface area contributed by atoms with Crippen LogP contribution < -0.4 is 9.04 Å². The molecule has 1 N–H and O–H groups in total. The van der Waals surface area contributed by atoms with Gasteiger partial charge in [-0.15, -0.1) is 0 Å². The van der Waals surface area contributed by atoms with Crippen LogP contribution in [0.3, 0.4) is 0 Å². The highest BCUT2D eigenvalue weighted by atomic mass is 35.5. The molecule has 0 saturated heterocycles. The van der Waals surface area contributed by atoms with Crippen molar-refractivity contribution in [2.45, 2.75) is 30.7 Å². The fraction of sp³-hybridized carbons (Fsp3) is 0.208. The zero-order valence-corrected chi connectivity index (χ0v) is 21.3. The van der Waals surface area contributed by atoms with Crippen LogP contribution in [-0.4, -0.2) is 41.4 Å². The second-order valence-electron chi connectivity index (χ2n) is 8.34. The van der Waals surface area contributed by atoms with Crippen LogP contribution in [0.1, 0.15) is 28.2 Å². The van der Waals surface area contributed by atoms with Gasteiger partial charge in [0.15, 0.2) is 6.04 Å². The number of carboxylic acids is 1. The lowest BCUT2D eigenvalue weighted by Gasteiger charge is -2.41. The molecule has 0 saturated carbocycles. The van der Waals surface area contributed by atoms with E-state index >= 15 is 0 Å². The summed E-state index contributed by atoms with van der Waals surface area (Å²) in [6, 6.07) is 11.7. The smallest absolute Gasteiger partial charge is 0.328 e. The molecule has 11 heteroatoms. The van der Waals surface area contributed by atoms with Gasteiger partial charge in [-0.1, -0.05) is 35.9 Å². The number of aryl methyl sites for hydroxylation is 2. The Bertz CT molecular complexity index is 1580. The Labute approximate surface area is 211 Å². The van der Waals surface area contributed by atoms with Crippen LogP contribution in [0.2, 0.25) is 5.02 Å². The third kappa shape index (κ3) is 3.64. The maximum atomic E-state index is 13.9. The molecule has 2 heterocycles. The number of ether oxygens (including phenoxy) is 1. The van der Waals surface area contributed by atoms with Crippen LogP contribution >= 0.6 is 23.3 Å². The summed E-state index contributed by atoms with van der Waals surface area (Å²) in [6.07, 6.45) is 0. The monoisotopic (exact) mass is 529 g/mol. The Balaban J connectivity index is 1.85. The Morgan fingerprint density at radius 2 is 1.86 bits per heavy atom. The van der Waals surface area contributed by atoms with E-state index in [1.165, 1.54) is 19.2 Å². The molecule has 1 aromatic heterocycles. The average molecular weight is 530 g/mol. The standard InChI is InChI=1S/C24H20ClN3O5S2/c1-12-8-14(10-18-21(12)27-34-26-18)20-16-6-4-5-7-19(16)35(31,32)28(23(20)24(29)30)22-13(2)9-15(33-3)11-17(22)25/h4-11,20,23H,1-3H3,(H,29,30). The summed E-state index contributed by atoms with van der Waals surface area (Å²) < 4.78 is 42.7. The Morgan fingerprint density at radius 3 is 2.54 bits per heavy atom. The van der Waals surface area contributed by atoms with Crippen molar-refractivity contribution in [1.82, 2.24) is 8.75 Å². The molecule has 3 aromatic carbocycles. The number of rotatable bonds is 4. The first kappa shape index (κ1) is 23.5. The molecule has 2 unspecified atom stereocenters. The minimum absolute atomic E-state index is 0.0305. The van der Waals surface area contributed by atoms with E-state index in [4.69, 9.17) is 16.3 Å². The zero-order chi connectivity index (χ0) is 25.1. The van der Waals surface area contributed by atoms with E-state index in [0.29, 0.717) is 28.0 Å². The first-order valence-electron chi connectivity index (χ1n) is 10.6. The number of hydrogen-bond acceptors (Lipinski definition) is 7. The van der Waals surface area contributed by atoms with Crippen molar-refractivity contribution in [2.24, 2.45) is 0 Å². The summed E-state index contributed by atoms with van der Waals surface area (Å²) in [5.41, 5.74) is 3.79. The third-order valence-electron chi connectivity index (χ3n) is 6.23. The predicted octanol–water partition coefficient (Wildman–Crippen LogP) is 4.76. The number of methoxy groups -OCH3 is 1. The number of sulfonamides is 1. The van der Waals surface area contributed by atoms with Crippen LogP contribution in [-0.2, 0) is 14.8 Å². The number of aromatic nitrogens is 2. The van der Waals surface area contributed by atoms with Gasteiger partial charge in [0, 0.05) is 12.0 Å². The first-order chi connectivity index (χ1) is 16.6. The normalized spacial score (nSPS) is 18.9. The Morgan fingerprint density at radius 1 is 1.11 bits per heavy atom. The average Bonchev–Trinajstić information content (AvgIpc) is 3.29. The minimum atomic E-state index is -4.28. The van der Waals surface area contributed by atoms with Crippen molar-refractivity contribution in [2.75, 3.05) is 11.4 Å². The first-order valence-corrected chi connectivity index (χ1v) is 13.1. The second kappa shape index (κ2) is 8.47. The van der Waals surface area contributed by atoms with E-state index in [0.717, 1.165) is 27.1 Å². The number of anilines is 1. The van der Waals surface area contributed by atoms with Crippen LogP contribution in [0.25, 0.3) is 11.0 Å². The Hall–Kier alpha value is -3.21. The van der Waals surface area contributed by atoms with E-state index in [9.17, 15) is 18.3 Å². The number of carbonyl (C=O) groups is 1. The van der Waals surface area contributed by atoms with Gasteiger partial charge < -0.3 is 9.84 Å². The lowest BCUT2D eigenvalue weighted by atomic mass is 9.83. The van der Waals surface area contributed by atoms with Gasteiger partial charge in [0.1, 0.15) is 16.8 Å². The van der Waals surface area contributed by atoms with Gasteiger partial charge in [-0.05, 0) is 54.3 Å². The predicted molar refractivity (Wildman–Crippen MR) is 134 cm³/mol. The van der Waals surface area contributed by atoms with Crippen molar-refractivity contribution in [3.63, 3.8) is 0 Å². The van der Waals surface area contributed by atoms with E-state index in [1.54, 1.807) is 37.3 Å². The van der Waals surface area contributed by atoms with E-state index in [1.807, 2.05) is 13.0 Å². The zero-order valence-electron chi connectivity index (χ0n) is 18.9. The van der Waals surface area contributed by atoms with Gasteiger partial charge in [0.25, 0.3) is 10.0 Å². The fourth-order valence-electron chi connectivity index (χ4n) is 4.76. The molecular formula is C24H20ClN3O5S2. The SMILES string of the molecule is COc1cc(C)c(N2C(C(=O)O)C(c3cc(C)c4nsnc4c3)c3ccccc3S2(=O)=O)c(Cl)c1. The molecule has 0 radical (unpaired) electrons. The summed E-state index contributed by atoms with van der Waals surface area (Å²) in [7, 11) is -2.80. The minimum Gasteiger partial charge on any atom is -0.497 e. The molecule has 0 aliphatic carbocycles. The van der Waals surface area contributed by atoms with Gasteiger partial charge in [-0.3, -0.25) is 0 Å². The molecule has 4 aromatic rings. The fourth-order valence-corrected chi connectivity index (χ4v) is 7.69. The number of fused-ring (bicyclic) bond motifs is 2. The summed E-state index contributed by atoms with van der Waals surface area (Å²) in [6.45, 7) is 3.54. The lowest BCUT2D eigenvalue weighted by Crippen LogP contribution is -2.53. The topological polar surface area (TPSA) is 110 Å². The van der Waals surface area contributed by atoms with Crippen LogP contribution in [0.5, 0.6) is 5.75 Å². The van der Waals surface area contributed by atoms with Crippen molar-refractivity contribution in [3.05, 3.63) is 75.8 Å². The van der Waals surface area contributed by atoms with Crippen molar-refractivity contribution < 1.29 is 23.1 Å². The molecule has 0 amide bonds. The lowest BCUT2D eigenvalue weighted by molar-refractivity contribution is -0.138. The molecule has 0 spiro atoms. The number of nitrogens with zero attached hydrogens (tertiary/aromatic N) is 3. The highest BCUT2D eigenvalue weighted by Gasteiger charge is 2.50. The van der Waals surface area contributed by atoms with E-state index in [-0.39, 0.29) is 15.6 Å². The van der Waals surface area contributed by atoms with Crippen molar-refractivity contribution in [3.8, 4) is 5.75 Å². The van der Waals surface area contributed by atoms with Crippen LogP contribution in [0.15, 0.2) is 53.4 Å². The molecule has 2 atom stereocenters. The number of aliphatic carboxylic acids is 1. The molecule has 8 nitrogen and oxygen atoms in total. The van der Waals surface area contributed by atoms with Gasteiger partial charge >= 0.3 is 5.97 Å². The molecule has 35 heavy (non-hydrogen) atoms. The maximum Gasteiger partial charge on any atom is 0.328 e. The number of carboxylic acid groups (broad SMARTS) is 1. The summed E-state index contributed by atoms with van der Waals surface area (Å²) in [4.78, 5) is 12.9. The molecule has 0 bridgehead atoms. The Kier molecular flexibility index (Phi) is 5.70. The number of benzene rings is 3. The van der Waals surface area contributed by atoms with E-state index in [2.05, 4.69) is 8.75 Å². The van der Waals surface area contributed by atoms with Crippen molar-refractivity contribution in [1.29, 1.82) is 0 Å². The van der Waals surface area contributed by atoms with Gasteiger partial charge in [0.05, 0.1) is 34.4 Å². The molecule has 1 aliphatic rings. The molecular weight excluding hydrogens is 510 g/mol. The highest BCUT2D eigenvalue weighted by Crippen LogP contribution is 2.48. The highest BCUT2D eigenvalue weighted by molar-refractivity contribution is 7.93. The summed E-state index contributed by atoms with van der Waals surface area (Å²) in [5, 5.41) is 10.6. The largest absolute Gasteiger partial charge is 0.497 e. The van der Waals surface area contributed by atoms with Crippen molar-refractivity contribution >= 4 is 56.0 Å². The van der Waals surface area contributed by atoms with Crippen LogP contribution in [0, 0.1) is 13.8 Å². The van der Waals surface area contributed by atoms with Crippen LogP contribution in [0.4, 0.5) is 5.69 Å². The summed E-state index contributed by atoms with van der Waals surface area (Å²) >= 11 is 7.63. The maximum absolute atomic E-state index is 13.9. The number of hydrogen-bond donors (Lipinski definition) is 1. The molecule has 5 rings (SSSR count). The van der Waals surface area contributed by atoms with E-state index < -0.39 is 28.0 Å². The molecule has 0 fully saturated rings. The summed E-state index contributed by atoms with van der Waals surface area (Å²) in [5.74, 6) is -1.69. The third-order valence-corrected chi connectivity index (χ3v) is 8.91. The molecule has 180 valence electrons. The number of halogens is 1. The van der Waals surface area contributed by atoms with Gasteiger partial charge in [-0.2, -0.15) is 8.75 Å². The molecule has 1 aliphatic heterocycles. The second-order valence-corrected chi connectivity index (χ2v) is 11.1. The van der Waals surface area contributed by atoms with Gasteiger partial charge in [0.2, 0.25) is 0 Å². The quantitative estimate of drug-likeness (QED) is 0.405.